The smallest absolute Gasteiger partial charge is 0.345 e. The summed E-state index contributed by atoms with van der Waals surface area (Å²) >= 11 is 7.57. The van der Waals surface area contributed by atoms with Gasteiger partial charge in [0.2, 0.25) is 0 Å². The first kappa shape index (κ1) is 17.4. The molecule has 0 saturated carbocycles. The molecule has 6 heteroatoms. The Morgan fingerprint density at radius 1 is 1.30 bits per heavy atom. The van der Waals surface area contributed by atoms with E-state index in [1.54, 1.807) is 42.1 Å². The minimum Gasteiger partial charge on any atom is -0.493 e. The number of methoxy groups -OCH3 is 1. The largest absolute Gasteiger partial charge is 0.493 e. The summed E-state index contributed by atoms with van der Waals surface area (Å²) in [6.45, 7) is 0. The minimum atomic E-state index is -0.574. The Balaban J connectivity index is 2.43. The van der Waals surface area contributed by atoms with Crippen molar-refractivity contribution in [2.24, 2.45) is 0 Å². The average Bonchev–Trinajstić information content (AvgIpc) is 2.56. The quantitative estimate of drug-likeness (QED) is 0.443. The van der Waals surface area contributed by atoms with Gasteiger partial charge in [0.05, 0.1) is 17.7 Å². The van der Waals surface area contributed by atoms with Crippen LogP contribution in [0.5, 0.6) is 11.5 Å². The number of rotatable bonds is 6. The monoisotopic (exact) mass is 350 g/mol. The van der Waals surface area contributed by atoms with Crippen LogP contribution in [-0.2, 0) is 5.75 Å². The van der Waals surface area contributed by atoms with Crippen LogP contribution in [0.25, 0.3) is 0 Å². The van der Waals surface area contributed by atoms with Gasteiger partial charge in [-0.2, -0.15) is 11.8 Å². The van der Waals surface area contributed by atoms with Crippen LogP contribution < -0.4 is 9.47 Å². The van der Waals surface area contributed by atoms with E-state index in [1.165, 1.54) is 13.2 Å². The number of esters is 1. The summed E-state index contributed by atoms with van der Waals surface area (Å²) in [7, 11) is 1.46. The molecule has 0 aliphatic rings. The predicted octanol–water partition coefficient (Wildman–Crippen LogP) is 4.24. The van der Waals surface area contributed by atoms with Crippen LogP contribution in [0, 0.1) is 0 Å². The van der Waals surface area contributed by atoms with Crippen molar-refractivity contribution >= 4 is 35.6 Å². The molecular weight excluding hydrogens is 336 g/mol. The summed E-state index contributed by atoms with van der Waals surface area (Å²) in [5.74, 6) is 0.634. The summed E-state index contributed by atoms with van der Waals surface area (Å²) in [4.78, 5) is 23.4. The number of hydrogen-bond donors (Lipinski definition) is 0. The molecule has 0 saturated heterocycles. The molecule has 2 rings (SSSR count). The van der Waals surface area contributed by atoms with E-state index in [4.69, 9.17) is 21.1 Å². The summed E-state index contributed by atoms with van der Waals surface area (Å²) in [6.07, 6.45) is 2.64. The van der Waals surface area contributed by atoms with Gasteiger partial charge in [-0.05, 0) is 30.5 Å². The Labute approximate surface area is 143 Å². The molecule has 0 N–H and O–H groups in total. The highest BCUT2D eigenvalue weighted by atomic mass is 35.5. The highest BCUT2D eigenvalue weighted by Gasteiger charge is 2.19. The maximum Gasteiger partial charge on any atom is 0.345 e. The van der Waals surface area contributed by atoms with Gasteiger partial charge in [-0.15, -0.1) is 0 Å². The van der Waals surface area contributed by atoms with Gasteiger partial charge >= 0.3 is 5.97 Å². The number of hydrogen-bond acceptors (Lipinski definition) is 5. The van der Waals surface area contributed by atoms with E-state index in [0.717, 1.165) is 6.29 Å². The van der Waals surface area contributed by atoms with Crippen molar-refractivity contribution in [2.75, 3.05) is 13.4 Å². The molecule has 120 valence electrons. The highest BCUT2D eigenvalue weighted by Crippen LogP contribution is 2.35. The van der Waals surface area contributed by atoms with Crippen LogP contribution in [0.15, 0.2) is 36.4 Å². The van der Waals surface area contributed by atoms with Crippen LogP contribution in [0.4, 0.5) is 0 Å². The lowest BCUT2D eigenvalue weighted by molar-refractivity contribution is 0.0728. The molecule has 0 atom stereocenters. The third-order valence-electron chi connectivity index (χ3n) is 3.10. The SMILES string of the molecule is COc1cc(C=O)cc(CSC)c1OC(=O)c1ccccc1Cl. The van der Waals surface area contributed by atoms with Gasteiger partial charge in [-0.25, -0.2) is 4.79 Å². The Morgan fingerprint density at radius 3 is 2.65 bits per heavy atom. The molecule has 0 spiro atoms. The average molecular weight is 351 g/mol. The Hall–Kier alpha value is -1.98. The molecular formula is C17H15ClO4S. The molecule has 23 heavy (non-hydrogen) atoms. The molecule has 0 aromatic heterocycles. The fourth-order valence-electron chi connectivity index (χ4n) is 2.06. The molecule has 0 fully saturated rings. The second-order valence-corrected chi connectivity index (χ2v) is 5.90. The standard InChI is InChI=1S/C17H15ClO4S/c1-21-15-8-11(9-19)7-12(10-23-2)16(15)22-17(20)13-5-3-4-6-14(13)18/h3-9H,10H2,1-2H3. The van der Waals surface area contributed by atoms with E-state index >= 15 is 0 Å². The first-order valence-corrected chi connectivity index (χ1v) is 8.49. The third kappa shape index (κ3) is 4.06. The van der Waals surface area contributed by atoms with Gasteiger partial charge in [0.1, 0.15) is 6.29 Å². The van der Waals surface area contributed by atoms with E-state index in [9.17, 15) is 9.59 Å². The van der Waals surface area contributed by atoms with Gasteiger partial charge in [-0.1, -0.05) is 23.7 Å². The number of thioether (sulfide) groups is 1. The number of ether oxygens (including phenoxy) is 2. The van der Waals surface area contributed by atoms with Crippen molar-refractivity contribution < 1.29 is 19.1 Å². The lowest BCUT2D eigenvalue weighted by Gasteiger charge is -2.14. The van der Waals surface area contributed by atoms with Crippen molar-refractivity contribution in [3.63, 3.8) is 0 Å². The van der Waals surface area contributed by atoms with Crippen molar-refractivity contribution in [2.45, 2.75) is 5.75 Å². The maximum absolute atomic E-state index is 12.4. The van der Waals surface area contributed by atoms with Crippen molar-refractivity contribution in [1.82, 2.24) is 0 Å². The van der Waals surface area contributed by atoms with E-state index < -0.39 is 5.97 Å². The summed E-state index contributed by atoms with van der Waals surface area (Å²) in [6, 6.07) is 9.86. The van der Waals surface area contributed by atoms with Gasteiger partial charge in [0.25, 0.3) is 0 Å². The van der Waals surface area contributed by atoms with Crippen molar-refractivity contribution in [3.05, 3.63) is 58.1 Å². The number of halogens is 1. The second-order valence-electron chi connectivity index (χ2n) is 4.63. The molecule has 2 aromatic rings. The Bertz CT molecular complexity index is 731. The van der Waals surface area contributed by atoms with Crippen LogP contribution in [0.1, 0.15) is 26.3 Å². The molecule has 0 aliphatic heterocycles. The predicted molar refractivity (Wildman–Crippen MR) is 92.0 cm³/mol. The molecule has 0 unspecified atom stereocenters. The zero-order valence-corrected chi connectivity index (χ0v) is 14.2. The molecule has 4 nitrogen and oxygen atoms in total. The maximum atomic E-state index is 12.4. The topological polar surface area (TPSA) is 52.6 Å². The normalized spacial score (nSPS) is 10.2. The first-order valence-electron chi connectivity index (χ1n) is 6.72. The minimum absolute atomic E-state index is 0.269. The van der Waals surface area contributed by atoms with Crippen molar-refractivity contribution in [1.29, 1.82) is 0 Å². The van der Waals surface area contributed by atoms with E-state index in [2.05, 4.69) is 0 Å². The van der Waals surface area contributed by atoms with Crippen LogP contribution in [-0.4, -0.2) is 25.6 Å². The zero-order valence-electron chi connectivity index (χ0n) is 12.7. The molecule has 0 amide bonds. The van der Waals surface area contributed by atoms with Gasteiger partial charge in [0.15, 0.2) is 11.5 Å². The number of carbonyl (C=O) groups is 2. The number of aldehydes is 1. The summed E-state index contributed by atoms with van der Waals surface area (Å²) < 4.78 is 10.8. The number of benzene rings is 2. The van der Waals surface area contributed by atoms with Crippen LogP contribution >= 0.6 is 23.4 Å². The lowest BCUT2D eigenvalue weighted by Crippen LogP contribution is -2.11. The van der Waals surface area contributed by atoms with Crippen LogP contribution in [0.3, 0.4) is 0 Å². The molecule has 2 aromatic carbocycles. The fraction of sp³-hybridized carbons (Fsp3) is 0.176. The van der Waals surface area contributed by atoms with Gasteiger partial charge < -0.3 is 9.47 Å². The Morgan fingerprint density at radius 2 is 2.04 bits per heavy atom. The third-order valence-corrected chi connectivity index (χ3v) is 4.03. The van der Waals surface area contributed by atoms with Crippen LogP contribution in [0.2, 0.25) is 5.02 Å². The molecule has 0 heterocycles. The fourth-order valence-corrected chi connectivity index (χ4v) is 2.79. The van der Waals surface area contributed by atoms with E-state index in [0.29, 0.717) is 33.4 Å². The van der Waals surface area contributed by atoms with Gasteiger partial charge in [0, 0.05) is 16.9 Å². The molecule has 0 aliphatic carbocycles. The second kappa shape index (κ2) is 8.04. The first-order chi connectivity index (χ1) is 11.1. The highest BCUT2D eigenvalue weighted by molar-refractivity contribution is 7.97. The van der Waals surface area contributed by atoms with Gasteiger partial charge in [-0.3, -0.25) is 4.79 Å². The van der Waals surface area contributed by atoms with E-state index in [-0.39, 0.29) is 5.56 Å². The van der Waals surface area contributed by atoms with E-state index in [1.807, 2.05) is 6.26 Å². The lowest BCUT2D eigenvalue weighted by atomic mass is 10.1. The zero-order chi connectivity index (χ0) is 16.8. The Kier molecular flexibility index (Phi) is 6.07. The molecule has 0 bridgehead atoms. The summed E-state index contributed by atoms with van der Waals surface area (Å²) in [5.41, 5.74) is 1.44. The molecule has 0 radical (unpaired) electrons. The summed E-state index contributed by atoms with van der Waals surface area (Å²) in [5, 5.41) is 0.312. The number of carbonyl (C=O) groups excluding carboxylic acids is 2. The van der Waals surface area contributed by atoms with Crippen molar-refractivity contribution in [3.8, 4) is 11.5 Å².